The number of aryl methyl sites for hydroxylation is 1. The fourth-order valence-corrected chi connectivity index (χ4v) is 4.94. The average molecular weight is 520 g/mol. The number of carbonyl (C=O) groups is 2. The lowest BCUT2D eigenvalue weighted by atomic mass is 10.1. The van der Waals surface area contributed by atoms with Gasteiger partial charge in [-0.25, -0.2) is 0 Å². The van der Waals surface area contributed by atoms with Gasteiger partial charge in [-0.2, -0.15) is 0 Å². The summed E-state index contributed by atoms with van der Waals surface area (Å²) < 4.78 is 2.03. The molecule has 0 saturated carbocycles. The summed E-state index contributed by atoms with van der Waals surface area (Å²) in [6.45, 7) is 2.39. The summed E-state index contributed by atoms with van der Waals surface area (Å²) in [4.78, 5) is 27.7. The van der Waals surface area contributed by atoms with Crippen LogP contribution in [-0.4, -0.2) is 21.5 Å². The first kappa shape index (κ1) is 23.3. The van der Waals surface area contributed by atoms with Crippen molar-refractivity contribution in [2.75, 3.05) is 4.90 Å². The first-order valence-electron chi connectivity index (χ1n) is 10.8. The molecule has 8 heteroatoms. The van der Waals surface area contributed by atoms with Crippen molar-refractivity contribution in [3.8, 4) is 0 Å². The van der Waals surface area contributed by atoms with Crippen LogP contribution in [0, 0.1) is 6.92 Å². The fourth-order valence-electron chi connectivity index (χ4n) is 4.20. The van der Waals surface area contributed by atoms with E-state index in [0.717, 1.165) is 27.6 Å². The third-order valence-electron chi connectivity index (χ3n) is 5.93. The van der Waals surface area contributed by atoms with E-state index in [-0.39, 0.29) is 10.7 Å². The lowest BCUT2D eigenvalue weighted by molar-refractivity contribution is -0.122. The monoisotopic (exact) mass is 519 g/mol. The minimum Gasteiger partial charge on any atom is -0.342 e. The van der Waals surface area contributed by atoms with Crippen LogP contribution in [0.5, 0.6) is 0 Å². The van der Waals surface area contributed by atoms with Crippen molar-refractivity contribution in [3.63, 3.8) is 0 Å². The third kappa shape index (κ3) is 4.36. The molecule has 0 unspecified atom stereocenters. The van der Waals surface area contributed by atoms with Gasteiger partial charge in [0, 0.05) is 39.3 Å². The van der Waals surface area contributed by atoms with E-state index in [2.05, 4.69) is 5.32 Å². The van der Waals surface area contributed by atoms with Gasteiger partial charge in [-0.3, -0.25) is 19.8 Å². The normalized spacial score (nSPS) is 15.2. The molecular formula is C27H19Cl2N3O2S. The highest BCUT2D eigenvalue weighted by atomic mass is 35.5. The van der Waals surface area contributed by atoms with E-state index >= 15 is 0 Å². The highest BCUT2D eigenvalue weighted by Crippen LogP contribution is 2.29. The molecule has 1 saturated heterocycles. The van der Waals surface area contributed by atoms with Crippen LogP contribution in [0.25, 0.3) is 17.0 Å². The van der Waals surface area contributed by atoms with Gasteiger partial charge in [0.2, 0.25) is 0 Å². The number of benzene rings is 3. The Kier molecular flexibility index (Phi) is 6.19. The van der Waals surface area contributed by atoms with E-state index in [1.807, 2.05) is 66.2 Å². The molecule has 1 aromatic heterocycles. The minimum atomic E-state index is -0.526. The molecule has 4 aromatic rings. The van der Waals surface area contributed by atoms with E-state index in [0.29, 0.717) is 22.3 Å². The number of hydrogen-bond acceptors (Lipinski definition) is 3. The molecule has 5 nitrogen and oxygen atoms in total. The average Bonchev–Trinajstić information content (AvgIpc) is 3.17. The number of thiocarbonyl (C=S) groups is 1. The highest BCUT2D eigenvalue weighted by Gasteiger charge is 2.35. The van der Waals surface area contributed by atoms with Gasteiger partial charge in [0.25, 0.3) is 11.8 Å². The number of fused-ring (bicyclic) bond motifs is 1. The molecule has 1 aliphatic rings. The van der Waals surface area contributed by atoms with Crippen molar-refractivity contribution in [3.05, 3.63) is 105 Å². The number of aromatic nitrogens is 1. The van der Waals surface area contributed by atoms with Crippen LogP contribution in [0.15, 0.2) is 78.5 Å². The number of para-hydroxylation sites is 2. The van der Waals surface area contributed by atoms with Gasteiger partial charge in [-0.05, 0) is 60.6 Å². The van der Waals surface area contributed by atoms with Gasteiger partial charge in [0.1, 0.15) is 5.57 Å². The number of amides is 2. The zero-order valence-corrected chi connectivity index (χ0v) is 20.9. The Hall–Kier alpha value is -3.45. The van der Waals surface area contributed by atoms with Crippen LogP contribution < -0.4 is 10.2 Å². The zero-order valence-electron chi connectivity index (χ0n) is 18.6. The highest BCUT2D eigenvalue weighted by molar-refractivity contribution is 7.80. The maximum atomic E-state index is 13.5. The van der Waals surface area contributed by atoms with Crippen molar-refractivity contribution in [2.45, 2.75) is 13.5 Å². The molecule has 3 aromatic carbocycles. The number of carbonyl (C=O) groups excluding carboxylic acids is 2. The first-order chi connectivity index (χ1) is 16.8. The van der Waals surface area contributed by atoms with Crippen molar-refractivity contribution >= 4 is 75.0 Å². The molecule has 1 fully saturated rings. The molecule has 0 spiro atoms. The third-order valence-corrected chi connectivity index (χ3v) is 6.80. The largest absolute Gasteiger partial charge is 0.342 e. The molecule has 2 amide bonds. The maximum Gasteiger partial charge on any atom is 0.270 e. The zero-order chi connectivity index (χ0) is 24.7. The van der Waals surface area contributed by atoms with Gasteiger partial charge in [-0.15, -0.1) is 0 Å². The fraction of sp³-hybridized carbons (Fsp3) is 0.0741. The van der Waals surface area contributed by atoms with Gasteiger partial charge in [-0.1, -0.05) is 65.7 Å². The van der Waals surface area contributed by atoms with Gasteiger partial charge in [0.15, 0.2) is 5.11 Å². The molecule has 0 bridgehead atoms. The molecule has 0 aliphatic carbocycles. The molecule has 5 rings (SSSR count). The van der Waals surface area contributed by atoms with Crippen LogP contribution in [0.4, 0.5) is 5.69 Å². The van der Waals surface area contributed by atoms with Crippen LogP contribution in [-0.2, 0) is 16.1 Å². The Morgan fingerprint density at radius 1 is 1.00 bits per heavy atom. The lowest BCUT2D eigenvalue weighted by Crippen LogP contribution is -2.54. The van der Waals surface area contributed by atoms with Crippen LogP contribution >= 0.6 is 35.4 Å². The molecule has 35 heavy (non-hydrogen) atoms. The summed E-state index contributed by atoms with van der Waals surface area (Å²) in [6, 6.07) is 20.6. The van der Waals surface area contributed by atoms with Crippen molar-refractivity contribution < 1.29 is 9.59 Å². The number of hydrogen-bond donors (Lipinski definition) is 1. The summed E-state index contributed by atoms with van der Waals surface area (Å²) in [5.41, 5.74) is 4.10. The number of nitrogens with zero attached hydrogens (tertiary/aromatic N) is 2. The molecule has 0 radical (unpaired) electrons. The van der Waals surface area contributed by atoms with Gasteiger partial charge < -0.3 is 4.57 Å². The number of halogens is 2. The number of nitrogens with one attached hydrogen (secondary N) is 1. The summed E-state index contributed by atoms with van der Waals surface area (Å²) in [7, 11) is 0. The number of anilines is 1. The first-order valence-corrected chi connectivity index (χ1v) is 12.0. The lowest BCUT2D eigenvalue weighted by Gasteiger charge is -2.29. The van der Waals surface area contributed by atoms with E-state index < -0.39 is 11.8 Å². The summed E-state index contributed by atoms with van der Waals surface area (Å²) in [6.07, 6.45) is 3.53. The summed E-state index contributed by atoms with van der Waals surface area (Å²) >= 11 is 17.8. The van der Waals surface area contributed by atoms with E-state index in [4.69, 9.17) is 35.4 Å². The van der Waals surface area contributed by atoms with E-state index in [1.165, 1.54) is 4.90 Å². The Morgan fingerprint density at radius 2 is 1.74 bits per heavy atom. The summed E-state index contributed by atoms with van der Waals surface area (Å²) in [5.74, 6) is -0.993. The molecular weight excluding hydrogens is 501 g/mol. The van der Waals surface area contributed by atoms with E-state index in [1.54, 1.807) is 24.3 Å². The molecule has 174 valence electrons. The van der Waals surface area contributed by atoms with Crippen molar-refractivity contribution in [1.82, 2.24) is 9.88 Å². The second-order valence-corrected chi connectivity index (χ2v) is 9.44. The van der Waals surface area contributed by atoms with E-state index in [9.17, 15) is 9.59 Å². The minimum absolute atomic E-state index is 0.00859. The quantitative estimate of drug-likeness (QED) is 0.200. The van der Waals surface area contributed by atoms with Crippen LogP contribution in [0.2, 0.25) is 10.0 Å². The van der Waals surface area contributed by atoms with Crippen LogP contribution in [0.3, 0.4) is 0 Å². The Balaban J connectivity index is 1.58. The second kappa shape index (κ2) is 9.30. The van der Waals surface area contributed by atoms with Crippen LogP contribution in [0.1, 0.15) is 16.7 Å². The molecule has 1 aliphatic heterocycles. The molecule has 2 heterocycles. The second-order valence-electron chi connectivity index (χ2n) is 8.21. The topological polar surface area (TPSA) is 54.3 Å². The Labute approximate surface area is 217 Å². The predicted octanol–water partition coefficient (Wildman–Crippen LogP) is 6.14. The Bertz CT molecular complexity index is 1560. The van der Waals surface area contributed by atoms with Gasteiger partial charge in [0.05, 0.1) is 5.69 Å². The smallest absolute Gasteiger partial charge is 0.270 e. The van der Waals surface area contributed by atoms with Gasteiger partial charge >= 0.3 is 0 Å². The Morgan fingerprint density at radius 3 is 2.51 bits per heavy atom. The van der Waals surface area contributed by atoms with Crippen molar-refractivity contribution in [1.29, 1.82) is 0 Å². The SMILES string of the molecule is Cc1ccccc1N1C(=O)/C(=C/c2cn(Cc3ccc(Cl)cc3Cl)c3ccccc23)C(=O)NC1=S. The standard InChI is InChI=1S/C27H19Cl2N3O2S/c1-16-6-2-4-8-23(16)32-26(34)21(25(33)30-27(32)35)12-18-15-31(24-9-5-3-7-20(18)24)14-17-10-11-19(28)13-22(17)29/h2-13,15H,14H2,1H3,(H,30,33,35)/b21-12+. The molecule has 1 N–H and O–H groups in total. The number of rotatable bonds is 4. The maximum absolute atomic E-state index is 13.5. The predicted molar refractivity (Wildman–Crippen MR) is 145 cm³/mol. The van der Waals surface area contributed by atoms with Crippen molar-refractivity contribution in [2.24, 2.45) is 0 Å². The summed E-state index contributed by atoms with van der Waals surface area (Å²) in [5, 5.41) is 4.76. The molecule has 0 atom stereocenters.